The lowest BCUT2D eigenvalue weighted by molar-refractivity contribution is -0.114. The summed E-state index contributed by atoms with van der Waals surface area (Å²) >= 11 is 17.7. The van der Waals surface area contributed by atoms with E-state index in [2.05, 4.69) is 10.6 Å². The van der Waals surface area contributed by atoms with Gasteiger partial charge in [-0.15, -0.1) is 0 Å². The Morgan fingerprint density at radius 3 is 2.48 bits per heavy atom. The fraction of sp³-hybridized carbons (Fsp3) is 0.0714. The number of carbonyl (C=O) groups excluding carboxylic acids is 1. The van der Waals surface area contributed by atoms with Gasteiger partial charge in [-0.25, -0.2) is 4.39 Å². The molecule has 3 nitrogen and oxygen atoms in total. The minimum absolute atomic E-state index is 0.0474. The topological polar surface area (TPSA) is 41.1 Å². The van der Waals surface area contributed by atoms with Crippen LogP contribution in [0.1, 0.15) is 0 Å². The quantitative estimate of drug-likeness (QED) is 0.777. The molecule has 2 aromatic rings. The Labute approximate surface area is 136 Å². The molecule has 0 radical (unpaired) electrons. The molecule has 2 aromatic carbocycles. The molecule has 0 atom stereocenters. The zero-order valence-electron chi connectivity index (χ0n) is 10.6. The summed E-state index contributed by atoms with van der Waals surface area (Å²) in [4.78, 5) is 11.8. The first-order valence-electron chi connectivity index (χ1n) is 5.89. The zero-order chi connectivity index (χ0) is 15.4. The lowest BCUT2D eigenvalue weighted by Gasteiger charge is -2.10. The Morgan fingerprint density at radius 1 is 1.05 bits per heavy atom. The largest absolute Gasteiger partial charge is 0.375 e. The fourth-order valence-corrected chi connectivity index (χ4v) is 2.22. The van der Waals surface area contributed by atoms with Gasteiger partial charge in [0.1, 0.15) is 5.82 Å². The summed E-state index contributed by atoms with van der Waals surface area (Å²) in [5, 5.41) is 6.40. The van der Waals surface area contributed by atoms with Crippen LogP contribution in [0.5, 0.6) is 0 Å². The third kappa shape index (κ3) is 4.49. The standard InChI is InChI=1S/C14H10Cl3FN2O/c15-10-5-12(17)13(6-11(10)16)19-7-14(21)20-9-3-1-2-8(18)4-9/h1-6,19H,7H2,(H,20,21). The highest BCUT2D eigenvalue weighted by Crippen LogP contribution is 2.32. The fourth-order valence-electron chi connectivity index (χ4n) is 1.60. The van der Waals surface area contributed by atoms with Crippen molar-refractivity contribution in [3.63, 3.8) is 0 Å². The Balaban J connectivity index is 1.97. The van der Waals surface area contributed by atoms with E-state index < -0.39 is 5.82 Å². The van der Waals surface area contributed by atoms with E-state index in [-0.39, 0.29) is 12.5 Å². The summed E-state index contributed by atoms with van der Waals surface area (Å²) in [5.41, 5.74) is 0.863. The third-order valence-corrected chi connectivity index (χ3v) is 3.59. The molecule has 2 rings (SSSR count). The Hall–Kier alpha value is -1.49. The average Bonchev–Trinajstić information content (AvgIpc) is 2.41. The molecule has 0 aliphatic heterocycles. The molecule has 0 aliphatic rings. The van der Waals surface area contributed by atoms with Gasteiger partial charge in [0.15, 0.2) is 0 Å². The first-order chi connectivity index (χ1) is 9.95. The highest BCUT2D eigenvalue weighted by molar-refractivity contribution is 6.44. The Morgan fingerprint density at radius 2 is 1.76 bits per heavy atom. The van der Waals surface area contributed by atoms with E-state index in [9.17, 15) is 9.18 Å². The zero-order valence-corrected chi connectivity index (χ0v) is 12.9. The number of halogens is 4. The number of benzene rings is 2. The van der Waals surface area contributed by atoms with Gasteiger partial charge < -0.3 is 10.6 Å². The van der Waals surface area contributed by atoms with Crippen molar-refractivity contribution in [2.45, 2.75) is 0 Å². The Kier molecular flexibility index (Phi) is 5.28. The van der Waals surface area contributed by atoms with Crippen molar-refractivity contribution >= 4 is 52.1 Å². The summed E-state index contributed by atoms with van der Waals surface area (Å²) < 4.78 is 13.0. The second kappa shape index (κ2) is 6.98. The van der Waals surface area contributed by atoms with Crippen molar-refractivity contribution in [1.29, 1.82) is 0 Å². The smallest absolute Gasteiger partial charge is 0.243 e. The number of hydrogen-bond donors (Lipinski definition) is 2. The van der Waals surface area contributed by atoms with Gasteiger partial charge in [-0.2, -0.15) is 0 Å². The molecule has 0 unspecified atom stereocenters. The van der Waals surface area contributed by atoms with E-state index in [0.29, 0.717) is 26.4 Å². The van der Waals surface area contributed by atoms with Crippen LogP contribution < -0.4 is 10.6 Å². The SMILES string of the molecule is O=C(CNc1cc(Cl)c(Cl)cc1Cl)Nc1cccc(F)c1. The third-order valence-electron chi connectivity index (χ3n) is 2.56. The predicted octanol–water partition coefficient (Wildman–Crippen LogP) is 4.84. The molecule has 0 heterocycles. The van der Waals surface area contributed by atoms with Gasteiger partial charge in [-0.1, -0.05) is 40.9 Å². The molecular weight excluding hydrogens is 338 g/mol. The summed E-state index contributed by atoms with van der Waals surface area (Å²) in [7, 11) is 0. The second-order valence-electron chi connectivity index (χ2n) is 4.16. The van der Waals surface area contributed by atoms with E-state index >= 15 is 0 Å². The van der Waals surface area contributed by atoms with E-state index in [0.717, 1.165) is 0 Å². The second-order valence-corrected chi connectivity index (χ2v) is 5.38. The molecule has 0 bridgehead atoms. The molecule has 0 aromatic heterocycles. The van der Waals surface area contributed by atoms with Crippen molar-refractivity contribution in [2.24, 2.45) is 0 Å². The van der Waals surface area contributed by atoms with Crippen LogP contribution in [-0.4, -0.2) is 12.5 Å². The van der Waals surface area contributed by atoms with Crippen LogP contribution in [0.15, 0.2) is 36.4 Å². The van der Waals surface area contributed by atoms with Gasteiger partial charge >= 0.3 is 0 Å². The minimum Gasteiger partial charge on any atom is -0.375 e. The summed E-state index contributed by atoms with van der Waals surface area (Å²) in [6.07, 6.45) is 0. The first kappa shape index (κ1) is 15.9. The van der Waals surface area contributed by atoms with Gasteiger partial charge in [0.2, 0.25) is 5.91 Å². The molecule has 0 saturated carbocycles. The van der Waals surface area contributed by atoms with E-state index in [1.807, 2.05) is 0 Å². The summed E-state index contributed by atoms with van der Waals surface area (Å²) in [5.74, 6) is -0.768. The molecule has 0 spiro atoms. The van der Waals surface area contributed by atoms with Crippen LogP contribution in [-0.2, 0) is 4.79 Å². The van der Waals surface area contributed by atoms with Crippen LogP contribution in [0.3, 0.4) is 0 Å². The summed E-state index contributed by atoms with van der Waals surface area (Å²) in [6.45, 7) is -0.0474. The first-order valence-corrected chi connectivity index (χ1v) is 7.03. The van der Waals surface area contributed by atoms with E-state index in [1.165, 1.54) is 30.3 Å². The molecular formula is C14H10Cl3FN2O. The molecule has 1 amide bonds. The maximum absolute atomic E-state index is 13.0. The maximum atomic E-state index is 13.0. The van der Waals surface area contributed by atoms with Gasteiger partial charge in [0.05, 0.1) is 27.3 Å². The molecule has 110 valence electrons. The molecule has 2 N–H and O–H groups in total. The van der Waals surface area contributed by atoms with E-state index in [1.54, 1.807) is 6.07 Å². The van der Waals surface area contributed by atoms with Gasteiger partial charge in [-0.3, -0.25) is 4.79 Å². The number of amides is 1. The molecule has 0 fully saturated rings. The highest BCUT2D eigenvalue weighted by atomic mass is 35.5. The molecule has 0 saturated heterocycles. The highest BCUT2D eigenvalue weighted by Gasteiger charge is 2.08. The minimum atomic E-state index is -0.423. The van der Waals surface area contributed by atoms with Crippen LogP contribution in [0.25, 0.3) is 0 Å². The van der Waals surface area contributed by atoms with Gasteiger partial charge in [0, 0.05) is 5.69 Å². The van der Waals surface area contributed by atoms with Crippen LogP contribution in [0.2, 0.25) is 15.1 Å². The maximum Gasteiger partial charge on any atom is 0.243 e. The molecule has 0 aliphatic carbocycles. The predicted molar refractivity (Wildman–Crippen MR) is 85.0 cm³/mol. The lowest BCUT2D eigenvalue weighted by Crippen LogP contribution is -2.21. The molecule has 21 heavy (non-hydrogen) atoms. The number of carbonyl (C=O) groups is 1. The van der Waals surface area contributed by atoms with Crippen molar-refractivity contribution in [3.05, 3.63) is 57.3 Å². The number of nitrogens with one attached hydrogen (secondary N) is 2. The van der Waals surface area contributed by atoms with Crippen molar-refractivity contribution in [1.82, 2.24) is 0 Å². The van der Waals surface area contributed by atoms with Crippen molar-refractivity contribution in [3.8, 4) is 0 Å². The summed E-state index contributed by atoms with van der Waals surface area (Å²) in [6, 6.07) is 8.63. The van der Waals surface area contributed by atoms with Crippen molar-refractivity contribution in [2.75, 3.05) is 17.2 Å². The average molecular weight is 348 g/mol. The van der Waals surface area contributed by atoms with E-state index in [4.69, 9.17) is 34.8 Å². The number of rotatable bonds is 4. The normalized spacial score (nSPS) is 10.3. The van der Waals surface area contributed by atoms with Gasteiger partial charge in [0.25, 0.3) is 0 Å². The van der Waals surface area contributed by atoms with Crippen molar-refractivity contribution < 1.29 is 9.18 Å². The van der Waals surface area contributed by atoms with Crippen LogP contribution in [0, 0.1) is 5.82 Å². The molecule has 7 heteroatoms. The van der Waals surface area contributed by atoms with Crippen LogP contribution >= 0.6 is 34.8 Å². The number of hydrogen-bond acceptors (Lipinski definition) is 2. The monoisotopic (exact) mass is 346 g/mol. The number of anilines is 2. The Bertz CT molecular complexity index is 679. The van der Waals surface area contributed by atoms with Gasteiger partial charge in [-0.05, 0) is 30.3 Å². The lowest BCUT2D eigenvalue weighted by atomic mass is 10.3. The van der Waals surface area contributed by atoms with Crippen LogP contribution in [0.4, 0.5) is 15.8 Å².